The van der Waals surface area contributed by atoms with Crippen LogP contribution in [0.2, 0.25) is 0 Å². The van der Waals surface area contributed by atoms with Gasteiger partial charge in [-0.1, -0.05) is 74.5 Å². The molecule has 0 spiro atoms. The van der Waals surface area contributed by atoms with Crippen LogP contribution in [0, 0.1) is 0 Å². The molecule has 3 heteroatoms. The van der Waals surface area contributed by atoms with E-state index >= 15 is 0 Å². The third kappa shape index (κ3) is 5.17. The monoisotopic (exact) mass is 312 g/mol. The average Bonchev–Trinajstić information content (AvgIpc) is 2.63. The molecule has 0 aromatic heterocycles. The number of aliphatic hydroxyl groups is 1. The molecule has 124 valence electrons. The molecule has 3 nitrogen and oxygen atoms in total. The molecule has 0 heterocycles. The Balaban J connectivity index is 2.09. The lowest BCUT2D eigenvalue weighted by Crippen LogP contribution is -2.35. The Bertz CT molecular complexity index is 540. The summed E-state index contributed by atoms with van der Waals surface area (Å²) in [6.07, 6.45) is -0.560. The van der Waals surface area contributed by atoms with Gasteiger partial charge in [0, 0.05) is 13.1 Å². The van der Waals surface area contributed by atoms with Gasteiger partial charge in [-0.3, -0.25) is 0 Å². The minimum Gasteiger partial charge on any atom is -0.386 e. The van der Waals surface area contributed by atoms with Gasteiger partial charge in [-0.25, -0.2) is 0 Å². The molecule has 23 heavy (non-hydrogen) atoms. The Morgan fingerprint density at radius 2 is 1.39 bits per heavy atom. The molecule has 0 aliphatic carbocycles. The average molecular weight is 312 g/mol. The van der Waals surface area contributed by atoms with Crippen molar-refractivity contribution in [2.24, 2.45) is 0 Å². The summed E-state index contributed by atoms with van der Waals surface area (Å²) in [4.78, 5) is 2.38. The lowest BCUT2D eigenvalue weighted by atomic mass is 9.96. The maximum atomic E-state index is 10.8. The molecule has 2 aromatic carbocycles. The van der Waals surface area contributed by atoms with Crippen molar-refractivity contribution in [3.63, 3.8) is 0 Å². The molecular formula is C20H28N2O. The maximum absolute atomic E-state index is 10.8. The molecule has 0 amide bonds. The highest BCUT2D eigenvalue weighted by Crippen LogP contribution is 2.28. The first-order valence-corrected chi connectivity index (χ1v) is 8.50. The van der Waals surface area contributed by atoms with Crippen molar-refractivity contribution in [2.75, 3.05) is 26.2 Å². The van der Waals surface area contributed by atoms with E-state index in [0.717, 1.165) is 37.3 Å². The summed E-state index contributed by atoms with van der Waals surface area (Å²) in [5.41, 5.74) is 2.06. The fourth-order valence-corrected chi connectivity index (χ4v) is 2.83. The zero-order valence-electron chi connectivity index (χ0n) is 14.2. The van der Waals surface area contributed by atoms with Crippen LogP contribution in [-0.2, 0) is 0 Å². The molecule has 0 aliphatic heterocycles. The minimum absolute atomic E-state index is 0.103. The first-order valence-electron chi connectivity index (χ1n) is 8.50. The van der Waals surface area contributed by atoms with Crippen molar-refractivity contribution in [3.05, 3.63) is 71.8 Å². The Kier molecular flexibility index (Phi) is 7.27. The van der Waals surface area contributed by atoms with Gasteiger partial charge in [-0.2, -0.15) is 0 Å². The van der Waals surface area contributed by atoms with Gasteiger partial charge in [0.15, 0.2) is 0 Å². The zero-order valence-corrected chi connectivity index (χ0v) is 14.2. The van der Waals surface area contributed by atoms with Gasteiger partial charge in [-0.15, -0.1) is 0 Å². The van der Waals surface area contributed by atoms with Crippen molar-refractivity contribution in [2.45, 2.75) is 26.0 Å². The lowest BCUT2D eigenvalue weighted by Gasteiger charge is -2.27. The van der Waals surface area contributed by atoms with Crippen LogP contribution in [0.5, 0.6) is 0 Å². The van der Waals surface area contributed by atoms with Gasteiger partial charge in [0.05, 0.1) is 12.1 Å². The molecule has 2 aromatic rings. The predicted molar refractivity (Wildman–Crippen MR) is 96.4 cm³/mol. The fraction of sp³-hybridized carbons (Fsp3) is 0.400. The molecule has 0 radical (unpaired) electrons. The normalized spacial score (nSPS) is 13.9. The van der Waals surface area contributed by atoms with Gasteiger partial charge in [0.1, 0.15) is 0 Å². The molecule has 0 unspecified atom stereocenters. The molecule has 0 bridgehead atoms. The van der Waals surface area contributed by atoms with E-state index < -0.39 is 6.10 Å². The largest absolute Gasteiger partial charge is 0.386 e. The van der Waals surface area contributed by atoms with Gasteiger partial charge in [0.2, 0.25) is 0 Å². The van der Waals surface area contributed by atoms with Gasteiger partial charge in [-0.05, 0) is 24.2 Å². The van der Waals surface area contributed by atoms with Crippen molar-refractivity contribution in [3.8, 4) is 0 Å². The van der Waals surface area contributed by atoms with E-state index in [-0.39, 0.29) is 6.04 Å². The summed E-state index contributed by atoms with van der Waals surface area (Å²) in [6, 6.07) is 20.0. The van der Waals surface area contributed by atoms with Crippen LogP contribution < -0.4 is 5.32 Å². The van der Waals surface area contributed by atoms with E-state index in [2.05, 4.69) is 36.2 Å². The van der Waals surface area contributed by atoms with Crippen molar-refractivity contribution < 1.29 is 5.11 Å². The number of aliphatic hydroxyl groups excluding tert-OH is 1. The molecule has 0 saturated heterocycles. The molecule has 0 saturated carbocycles. The highest BCUT2D eigenvalue weighted by atomic mass is 16.3. The van der Waals surface area contributed by atoms with E-state index in [4.69, 9.17) is 0 Å². The third-order valence-electron chi connectivity index (χ3n) is 4.30. The summed E-state index contributed by atoms with van der Waals surface area (Å²) < 4.78 is 0. The molecule has 0 aliphatic rings. The second-order valence-electron chi connectivity index (χ2n) is 5.72. The Morgan fingerprint density at radius 3 is 1.91 bits per heavy atom. The zero-order chi connectivity index (χ0) is 16.5. The van der Waals surface area contributed by atoms with E-state index in [1.54, 1.807) is 0 Å². The summed E-state index contributed by atoms with van der Waals surface area (Å²) in [5.74, 6) is 0. The molecule has 2 N–H and O–H groups in total. The maximum Gasteiger partial charge on any atom is 0.0984 e. The summed E-state index contributed by atoms with van der Waals surface area (Å²) in [7, 11) is 0. The predicted octanol–water partition coefficient (Wildman–Crippen LogP) is 3.39. The molecule has 2 atom stereocenters. The van der Waals surface area contributed by atoms with Crippen LogP contribution in [0.25, 0.3) is 0 Å². The van der Waals surface area contributed by atoms with Gasteiger partial charge in [0.25, 0.3) is 0 Å². The molecule has 2 rings (SSSR count). The van der Waals surface area contributed by atoms with E-state index in [9.17, 15) is 5.11 Å². The smallest absolute Gasteiger partial charge is 0.0984 e. The standard InChI is InChI=1S/C20H28N2O/c1-3-22(4-2)16-15-21-19(17-11-7-5-8-12-17)20(23)18-13-9-6-10-14-18/h5-14,19-21,23H,3-4,15-16H2,1-2H3/t19-,20-/m0/s1. The van der Waals surface area contributed by atoms with Crippen LogP contribution in [0.15, 0.2) is 60.7 Å². The van der Waals surface area contributed by atoms with Crippen LogP contribution in [-0.4, -0.2) is 36.2 Å². The first kappa shape index (κ1) is 17.7. The highest BCUT2D eigenvalue weighted by molar-refractivity contribution is 5.26. The van der Waals surface area contributed by atoms with Crippen LogP contribution in [0.3, 0.4) is 0 Å². The number of benzene rings is 2. The van der Waals surface area contributed by atoms with Crippen molar-refractivity contribution in [1.29, 1.82) is 0 Å². The Labute approximate surface area is 140 Å². The van der Waals surface area contributed by atoms with Crippen molar-refractivity contribution in [1.82, 2.24) is 10.2 Å². The number of rotatable bonds is 9. The van der Waals surface area contributed by atoms with E-state index in [0.29, 0.717) is 0 Å². The SMILES string of the molecule is CCN(CC)CCN[C@@H](c1ccccc1)[C@@H](O)c1ccccc1. The second-order valence-corrected chi connectivity index (χ2v) is 5.72. The quantitative estimate of drug-likeness (QED) is 0.745. The lowest BCUT2D eigenvalue weighted by molar-refractivity contribution is 0.126. The number of nitrogens with zero attached hydrogens (tertiary/aromatic N) is 1. The van der Waals surface area contributed by atoms with Crippen molar-refractivity contribution >= 4 is 0 Å². The number of nitrogens with one attached hydrogen (secondary N) is 1. The van der Waals surface area contributed by atoms with Gasteiger partial charge >= 0.3 is 0 Å². The topological polar surface area (TPSA) is 35.5 Å². The summed E-state index contributed by atoms with van der Waals surface area (Å²) >= 11 is 0. The molecular weight excluding hydrogens is 284 g/mol. The van der Waals surface area contributed by atoms with Gasteiger partial charge < -0.3 is 15.3 Å². The van der Waals surface area contributed by atoms with E-state index in [1.165, 1.54) is 0 Å². The third-order valence-corrected chi connectivity index (χ3v) is 4.30. The molecule has 0 fully saturated rings. The number of hydrogen-bond donors (Lipinski definition) is 2. The van der Waals surface area contributed by atoms with Crippen LogP contribution in [0.1, 0.15) is 37.1 Å². The minimum atomic E-state index is -0.560. The summed E-state index contributed by atoms with van der Waals surface area (Å²) in [6.45, 7) is 8.29. The summed E-state index contributed by atoms with van der Waals surface area (Å²) in [5, 5.41) is 14.4. The second kappa shape index (κ2) is 9.46. The van der Waals surface area contributed by atoms with Crippen LogP contribution in [0.4, 0.5) is 0 Å². The first-order chi connectivity index (χ1) is 11.3. The fourth-order valence-electron chi connectivity index (χ4n) is 2.83. The Hall–Kier alpha value is -1.68. The number of likely N-dealkylation sites (N-methyl/N-ethyl adjacent to an activating group) is 1. The van der Waals surface area contributed by atoms with Crippen LogP contribution >= 0.6 is 0 Å². The highest BCUT2D eigenvalue weighted by Gasteiger charge is 2.22. The Morgan fingerprint density at radius 1 is 0.870 bits per heavy atom. The van der Waals surface area contributed by atoms with E-state index in [1.807, 2.05) is 48.5 Å². The number of hydrogen-bond acceptors (Lipinski definition) is 3.